The number of nitrogens with one attached hydrogen (secondary N) is 2. The molecule has 2 N–H and O–H groups in total. The molecule has 0 radical (unpaired) electrons. The van der Waals surface area contributed by atoms with E-state index in [1.165, 1.54) is 18.2 Å². The summed E-state index contributed by atoms with van der Waals surface area (Å²) < 4.78 is 67.8. The average Bonchev–Trinajstić information content (AvgIpc) is 3.91. The summed E-state index contributed by atoms with van der Waals surface area (Å²) in [6.07, 6.45) is 0. The molecule has 2 amide bonds. The molecular weight excluding hydrogens is 928 g/mol. The van der Waals surface area contributed by atoms with Gasteiger partial charge in [-0.25, -0.2) is 18.2 Å². The first-order valence-corrected chi connectivity index (χ1v) is 23.9. The van der Waals surface area contributed by atoms with Gasteiger partial charge in [-0.1, -0.05) is 97.1 Å². The minimum absolute atomic E-state index is 0.0157. The molecule has 0 bridgehead atoms. The Morgan fingerprint density at radius 2 is 1.41 bits per heavy atom. The van der Waals surface area contributed by atoms with E-state index in [-0.39, 0.29) is 42.5 Å². The summed E-state index contributed by atoms with van der Waals surface area (Å²) in [5, 5.41) is 7.95. The fourth-order valence-corrected chi connectivity index (χ4v) is 9.85. The second-order valence-corrected chi connectivity index (χ2v) is 18.5. The number of anilines is 2. The Morgan fingerprint density at radius 3 is 2.06 bits per heavy atom. The maximum absolute atomic E-state index is 16.4. The molecular formula is C53H45FN8O8S. The second-order valence-electron chi connectivity index (χ2n) is 16.9. The van der Waals surface area contributed by atoms with Gasteiger partial charge in [0.05, 0.1) is 16.7 Å². The third-order valence-electron chi connectivity index (χ3n) is 12.1. The first kappa shape index (κ1) is 46.0. The number of imidazole rings is 1. The van der Waals surface area contributed by atoms with E-state index >= 15 is 4.39 Å². The highest BCUT2D eigenvalue weighted by atomic mass is 32.2. The zero-order valence-electron chi connectivity index (χ0n) is 38.6. The van der Waals surface area contributed by atoms with Crippen molar-refractivity contribution >= 4 is 55.2 Å². The van der Waals surface area contributed by atoms with E-state index in [0.29, 0.717) is 56.0 Å². The molecule has 18 heteroatoms. The summed E-state index contributed by atoms with van der Waals surface area (Å²) in [5.74, 6) is -1.69. The SMILES string of the molecule is Cc1nn(CC(=O)Nc2ccc3c(F)c(N4CC(=O)NS4(=O)=O)c(OCc4ccccc4)cc3c2)c(C)c1-c1ccc2c(c1)n(C)c(=O)n2-c1ccc(OCc2ccccc2)nc1OCc1ccccc1. The van der Waals surface area contributed by atoms with E-state index in [1.54, 1.807) is 63.3 Å². The number of hydrogen-bond acceptors (Lipinski definition) is 10. The highest BCUT2D eigenvalue weighted by molar-refractivity contribution is 7.92. The molecule has 9 aromatic rings. The number of carbonyl (C=O) groups excluding carboxylic acids is 2. The number of benzene rings is 6. The Hall–Kier alpha value is -8.77. The fraction of sp³-hybridized carbons (Fsp3) is 0.151. The number of hydrogen-bond donors (Lipinski definition) is 2. The van der Waals surface area contributed by atoms with Crippen molar-refractivity contribution in [1.82, 2.24) is 28.6 Å². The summed E-state index contributed by atoms with van der Waals surface area (Å²) in [4.78, 5) is 44.7. The van der Waals surface area contributed by atoms with Crippen molar-refractivity contribution in [2.24, 2.45) is 7.05 Å². The standard InChI is InChI=1S/C53H45FN8O8S/c1-33-49(38-19-22-42-44(26-38)59(3)53(65)62(42)43-23-24-48(69-31-36-15-9-5-10-16-36)56-52(43)70-32-37-17-11-6-12-18-37)34(2)60(57-33)28-46(63)55-40-20-21-41-39(25-40)27-45(68-30-35-13-7-4-8-14-35)51(50(41)54)61-29-47(64)58-71(61,66)67/h4-27H,28-32H2,1-3H3,(H,55,63)(H,58,64). The number of rotatable bonds is 15. The summed E-state index contributed by atoms with van der Waals surface area (Å²) in [6, 6.07) is 43.6. The molecule has 0 spiro atoms. The normalized spacial score (nSPS) is 13.1. The maximum atomic E-state index is 16.4. The quantitative estimate of drug-likeness (QED) is 0.102. The van der Waals surface area contributed by atoms with Gasteiger partial charge in [-0.05, 0) is 84.0 Å². The van der Waals surface area contributed by atoms with Crippen molar-refractivity contribution in [2.75, 3.05) is 16.2 Å². The highest BCUT2D eigenvalue weighted by Crippen LogP contribution is 2.41. The molecule has 1 fully saturated rings. The van der Waals surface area contributed by atoms with Gasteiger partial charge >= 0.3 is 15.9 Å². The zero-order chi connectivity index (χ0) is 49.4. The zero-order valence-corrected chi connectivity index (χ0v) is 39.4. The Kier molecular flexibility index (Phi) is 12.3. The number of pyridine rings is 1. The third kappa shape index (κ3) is 9.27. The second kappa shape index (κ2) is 19.0. The van der Waals surface area contributed by atoms with Gasteiger partial charge in [0.25, 0.3) is 5.91 Å². The first-order valence-electron chi connectivity index (χ1n) is 22.5. The lowest BCUT2D eigenvalue weighted by molar-refractivity contribution is -0.118. The summed E-state index contributed by atoms with van der Waals surface area (Å²) >= 11 is 0. The predicted molar refractivity (Wildman–Crippen MR) is 266 cm³/mol. The molecule has 0 aliphatic carbocycles. The Labute approximate surface area is 406 Å². The lowest BCUT2D eigenvalue weighted by Gasteiger charge is -2.21. The van der Waals surface area contributed by atoms with Crippen LogP contribution in [0.3, 0.4) is 0 Å². The Balaban J connectivity index is 0.909. The number of nitrogens with zero attached hydrogens (tertiary/aromatic N) is 6. The van der Waals surface area contributed by atoms with Crippen molar-refractivity contribution in [3.05, 3.63) is 190 Å². The van der Waals surface area contributed by atoms with Crippen LogP contribution in [0.1, 0.15) is 28.1 Å². The molecule has 71 heavy (non-hydrogen) atoms. The number of carbonyl (C=O) groups is 2. The van der Waals surface area contributed by atoms with Crippen molar-refractivity contribution in [3.8, 4) is 34.3 Å². The summed E-state index contributed by atoms with van der Waals surface area (Å²) in [5.41, 5.74) is 6.86. The molecule has 0 atom stereocenters. The molecule has 10 rings (SSSR count). The Morgan fingerprint density at radius 1 is 0.761 bits per heavy atom. The smallest absolute Gasteiger partial charge is 0.333 e. The van der Waals surface area contributed by atoms with E-state index in [1.807, 2.05) is 103 Å². The monoisotopic (exact) mass is 972 g/mol. The summed E-state index contributed by atoms with van der Waals surface area (Å²) in [6.45, 7) is 3.40. The molecule has 16 nitrogen and oxygen atoms in total. The molecule has 4 heterocycles. The number of aromatic nitrogens is 5. The van der Waals surface area contributed by atoms with E-state index in [4.69, 9.17) is 24.3 Å². The number of aryl methyl sites for hydroxylation is 2. The van der Waals surface area contributed by atoms with Crippen LogP contribution >= 0.6 is 0 Å². The van der Waals surface area contributed by atoms with Crippen LogP contribution in [-0.4, -0.2) is 50.7 Å². The topological polar surface area (TPSA) is 181 Å². The largest absolute Gasteiger partial charge is 0.487 e. The van der Waals surface area contributed by atoms with E-state index in [9.17, 15) is 22.8 Å². The Bertz CT molecular complexity index is 3690. The van der Waals surface area contributed by atoms with Crippen molar-refractivity contribution in [2.45, 2.75) is 40.2 Å². The third-order valence-corrected chi connectivity index (χ3v) is 13.5. The van der Waals surface area contributed by atoms with Crippen LogP contribution in [0.2, 0.25) is 0 Å². The van der Waals surface area contributed by atoms with Gasteiger partial charge in [-0.15, -0.1) is 0 Å². The number of fused-ring (bicyclic) bond motifs is 2. The highest BCUT2D eigenvalue weighted by Gasteiger charge is 2.38. The molecule has 1 aliphatic rings. The lowest BCUT2D eigenvalue weighted by atomic mass is 10.0. The minimum Gasteiger partial charge on any atom is -0.487 e. The van der Waals surface area contributed by atoms with Crippen molar-refractivity contribution in [3.63, 3.8) is 0 Å². The average molecular weight is 973 g/mol. The van der Waals surface area contributed by atoms with Gasteiger partial charge in [0, 0.05) is 35.4 Å². The van der Waals surface area contributed by atoms with Gasteiger partial charge in [0.2, 0.25) is 17.7 Å². The minimum atomic E-state index is -4.38. The van der Waals surface area contributed by atoms with Crippen LogP contribution in [0.5, 0.6) is 17.5 Å². The molecule has 1 aliphatic heterocycles. The molecule has 358 valence electrons. The van der Waals surface area contributed by atoms with Gasteiger partial charge < -0.3 is 19.5 Å². The van der Waals surface area contributed by atoms with E-state index in [0.717, 1.165) is 27.8 Å². The van der Waals surface area contributed by atoms with Gasteiger partial charge in [-0.2, -0.15) is 18.5 Å². The van der Waals surface area contributed by atoms with Crippen LogP contribution in [-0.2, 0) is 53.2 Å². The van der Waals surface area contributed by atoms with Gasteiger partial charge in [0.1, 0.15) is 50.0 Å². The number of halogens is 1. The molecule has 0 unspecified atom stereocenters. The first-order chi connectivity index (χ1) is 34.3. The molecule has 0 saturated carbocycles. The van der Waals surface area contributed by atoms with Crippen molar-refractivity contribution < 1.29 is 36.6 Å². The van der Waals surface area contributed by atoms with Gasteiger partial charge in [0.15, 0.2) is 5.82 Å². The van der Waals surface area contributed by atoms with Crippen molar-refractivity contribution in [1.29, 1.82) is 0 Å². The fourth-order valence-electron chi connectivity index (χ4n) is 8.69. The van der Waals surface area contributed by atoms with E-state index in [2.05, 4.69) is 5.32 Å². The lowest BCUT2D eigenvalue weighted by Crippen LogP contribution is -2.30. The van der Waals surface area contributed by atoms with Crippen LogP contribution < -0.4 is 34.2 Å². The number of ether oxygens (including phenoxy) is 3. The van der Waals surface area contributed by atoms with Crippen LogP contribution in [0.25, 0.3) is 38.6 Å². The molecule has 1 saturated heterocycles. The van der Waals surface area contributed by atoms with E-state index < -0.39 is 40.1 Å². The van der Waals surface area contributed by atoms with Crippen LogP contribution in [0.15, 0.2) is 150 Å². The van der Waals surface area contributed by atoms with Gasteiger partial charge in [-0.3, -0.25) is 23.4 Å². The van der Waals surface area contributed by atoms with Crippen LogP contribution in [0, 0.1) is 19.7 Å². The van der Waals surface area contributed by atoms with Crippen LogP contribution in [0.4, 0.5) is 15.8 Å². The molecule has 6 aromatic carbocycles. The number of amides is 2. The predicted octanol–water partition coefficient (Wildman–Crippen LogP) is 8.05. The summed E-state index contributed by atoms with van der Waals surface area (Å²) in [7, 11) is -2.68. The maximum Gasteiger partial charge on any atom is 0.333 e. The molecule has 3 aromatic heterocycles.